The Balaban J connectivity index is 2.72. The summed E-state index contributed by atoms with van der Waals surface area (Å²) < 4.78 is 10.2. The lowest BCUT2D eigenvalue weighted by Gasteiger charge is -2.10. The van der Waals surface area contributed by atoms with Gasteiger partial charge in [-0.05, 0) is 24.6 Å². The van der Waals surface area contributed by atoms with Crippen LogP contribution in [0, 0.1) is 0 Å². The third-order valence-corrected chi connectivity index (χ3v) is 2.41. The average molecular weight is 237 g/mol. The van der Waals surface area contributed by atoms with Gasteiger partial charge in [-0.3, -0.25) is 0 Å². The van der Waals surface area contributed by atoms with Crippen LogP contribution in [0.15, 0.2) is 18.2 Å². The minimum absolute atomic E-state index is 0.379. The van der Waals surface area contributed by atoms with E-state index in [0.29, 0.717) is 23.6 Å². The van der Waals surface area contributed by atoms with Crippen molar-refractivity contribution in [2.75, 3.05) is 19.5 Å². The Bertz CT molecular complexity index is 377. The van der Waals surface area contributed by atoms with Crippen molar-refractivity contribution in [3.05, 3.63) is 23.8 Å². The molecule has 4 nitrogen and oxygen atoms in total. The molecule has 1 aromatic rings. The Hall–Kier alpha value is -1.71. The van der Waals surface area contributed by atoms with Gasteiger partial charge in [0, 0.05) is 5.69 Å². The SMILES string of the molecule is CCCCCOc1ccc(N)cc1C(=O)OC. The lowest BCUT2D eigenvalue weighted by Crippen LogP contribution is -2.07. The van der Waals surface area contributed by atoms with Crippen molar-refractivity contribution in [1.82, 2.24) is 0 Å². The molecule has 0 aromatic heterocycles. The summed E-state index contributed by atoms with van der Waals surface area (Å²) in [7, 11) is 1.34. The van der Waals surface area contributed by atoms with Crippen LogP contribution in [-0.4, -0.2) is 19.7 Å². The van der Waals surface area contributed by atoms with E-state index in [1.54, 1.807) is 18.2 Å². The standard InChI is InChI=1S/C13H19NO3/c1-3-4-5-8-17-12-7-6-10(14)9-11(12)13(15)16-2/h6-7,9H,3-5,8,14H2,1-2H3. The monoisotopic (exact) mass is 237 g/mol. The van der Waals surface area contributed by atoms with Crippen molar-refractivity contribution >= 4 is 11.7 Å². The zero-order valence-electron chi connectivity index (χ0n) is 10.4. The molecule has 0 fully saturated rings. The molecule has 0 aliphatic heterocycles. The van der Waals surface area contributed by atoms with Crippen molar-refractivity contribution in [3.63, 3.8) is 0 Å². The number of nitrogen functional groups attached to an aromatic ring is 1. The van der Waals surface area contributed by atoms with Gasteiger partial charge in [-0.15, -0.1) is 0 Å². The van der Waals surface area contributed by atoms with E-state index in [-0.39, 0.29) is 0 Å². The first-order valence-electron chi connectivity index (χ1n) is 5.79. The molecule has 0 amide bonds. The van der Waals surface area contributed by atoms with Crippen molar-refractivity contribution < 1.29 is 14.3 Å². The van der Waals surface area contributed by atoms with Crippen molar-refractivity contribution in [2.24, 2.45) is 0 Å². The maximum Gasteiger partial charge on any atom is 0.341 e. The van der Waals surface area contributed by atoms with Crippen LogP contribution in [0.2, 0.25) is 0 Å². The minimum Gasteiger partial charge on any atom is -0.493 e. The molecule has 0 bridgehead atoms. The third-order valence-electron chi connectivity index (χ3n) is 2.41. The van der Waals surface area contributed by atoms with Gasteiger partial charge in [0.25, 0.3) is 0 Å². The second kappa shape index (κ2) is 6.78. The summed E-state index contributed by atoms with van der Waals surface area (Å²) in [5, 5.41) is 0. The summed E-state index contributed by atoms with van der Waals surface area (Å²) in [6, 6.07) is 4.98. The van der Waals surface area contributed by atoms with Gasteiger partial charge >= 0.3 is 5.97 Å². The Morgan fingerprint density at radius 2 is 2.12 bits per heavy atom. The molecule has 0 saturated carbocycles. The van der Waals surface area contributed by atoms with Crippen molar-refractivity contribution in [2.45, 2.75) is 26.2 Å². The molecule has 0 spiro atoms. The van der Waals surface area contributed by atoms with E-state index >= 15 is 0 Å². The number of ether oxygens (including phenoxy) is 2. The smallest absolute Gasteiger partial charge is 0.341 e. The number of hydrogen-bond acceptors (Lipinski definition) is 4. The lowest BCUT2D eigenvalue weighted by atomic mass is 10.2. The van der Waals surface area contributed by atoms with Gasteiger partial charge in [-0.1, -0.05) is 19.8 Å². The van der Waals surface area contributed by atoms with Gasteiger partial charge in [0.1, 0.15) is 11.3 Å². The second-order valence-corrected chi connectivity index (χ2v) is 3.80. The topological polar surface area (TPSA) is 61.5 Å². The molecule has 2 N–H and O–H groups in total. The Morgan fingerprint density at radius 3 is 2.76 bits per heavy atom. The maximum atomic E-state index is 11.5. The third kappa shape index (κ3) is 3.98. The highest BCUT2D eigenvalue weighted by Gasteiger charge is 2.13. The summed E-state index contributed by atoms with van der Waals surface area (Å²) in [6.07, 6.45) is 3.22. The van der Waals surface area contributed by atoms with Gasteiger partial charge in [-0.25, -0.2) is 4.79 Å². The van der Waals surface area contributed by atoms with Crippen LogP contribution in [0.5, 0.6) is 5.75 Å². The Kier molecular flexibility index (Phi) is 5.33. The zero-order chi connectivity index (χ0) is 12.7. The van der Waals surface area contributed by atoms with Crippen LogP contribution >= 0.6 is 0 Å². The molecule has 4 heteroatoms. The average Bonchev–Trinajstić information content (AvgIpc) is 2.35. The van der Waals surface area contributed by atoms with Crippen molar-refractivity contribution in [3.8, 4) is 5.75 Å². The first-order valence-corrected chi connectivity index (χ1v) is 5.79. The van der Waals surface area contributed by atoms with E-state index in [4.69, 9.17) is 10.5 Å². The number of unbranched alkanes of at least 4 members (excludes halogenated alkanes) is 2. The molecule has 0 aliphatic rings. The Labute approximate surface area is 102 Å². The van der Waals surface area contributed by atoms with E-state index < -0.39 is 5.97 Å². The fourth-order valence-electron chi connectivity index (χ4n) is 1.48. The molecule has 0 unspecified atom stereocenters. The van der Waals surface area contributed by atoms with Crippen LogP contribution in [0.4, 0.5) is 5.69 Å². The number of carbonyl (C=O) groups is 1. The first-order chi connectivity index (χ1) is 8.19. The highest BCUT2D eigenvalue weighted by molar-refractivity contribution is 5.93. The van der Waals surface area contributed by atoms with Crippen LogP contribution < -0.4 is 10.5 Å². The molecule has 0 aliphatic carbocycles. The maximum absolute atomic E-state index is 11.5. The number of benzene rings is 1. The zero-order valence-corrected chi connectivity index (χ0v) is 10.4. The fraction of sp³-hybridized carbons (Fsp3) is 0.462. The minimum atomic E-state index is -0.428. The normalized spacial score (nSPS) is 10.0. The predicted octanol–water partition coefficient (Wildman–Crippen LogP) is 2.62. The van der Waals surface area contributed by atoms with E-state index in [2.05, 4.69) is 11.7 Å². The molecule has 17 heavy (non-hydrogen) atoms. The molecule has 1 rings (SSSR count). The molecule has 1 aromatic carbocycles. The van der Waals surface area contributed by atoms with E-state index in [9.17, 15) is 4.79 Å². The number of anilines is 1. The molecule has 0 heterocycles. The quantitative estimate of drug-likeness (QED) is 0.469. The first kappa shape index (κ1) is 13.4. The van der Waals surface area contributed by atoms with E-state index in [0.717, 1.165) is 19.3 Å². The molecular formula is C13H19NO3. The summed E-state index contributed by atoms with van der Waals surface area (Å²) in [5.74, 6) is 0.102. The molecule has 94 valence electrons. The van der Waals surface area contributed by atoms with Crippen molar-refractivity contribution in [1.29, 1.82) is 0 Å². The van der Waals surface area contributed by atoms with Crippen LogP contribution in [-0.2, 0) is 4.74 Å². The largest absolute Gasteiger partial charge is 0.493 e. The second-order valence-electron chi connectivity index (χ2n) is 3.80. The Morgan fingerprint density at radius 1 is 1.35 bits per heavy atom. The molecule has 0 radical (unpaired) electrons. The number of methoxy groups -OCH3 is 1. The van der Waals surface area contributed by atoms with Gasteiger partial charge in [-0.2, -0.15) is 0 Å². The fourth-order valence-corrected chi connectivity index (χ4v) is 1.48. The summed E-state index contributed by atoms with van der Waals surface area (Å²) >= 11 is 0. The summed E-state index contributed by atoms with van der Waals surface area (Å²) in [4.78, 5) is 11.5. The van der Waals surface area contributed by atoms with Gasteiger partial charge in [0.15, 0.2) is 0 Å². The predicted molar refractivity (Wildman–Crippen MR) is 67.2 cm³/mol. The number of hydrogen-bond donors (Lipinski definition) is 1. The van der Waals surface area contributed by atoms with Crippen LogP contribution in [0.1, 0.15) is 36.5 Å². The highest BCUT2D eigenvalue weighted by Crippen LogP contribution is 2.22. The van der Waals surface area contributed by atoms with Crippen LogP contribution in [0.3, 0.4) is 0 Å². The highest BCUT2D eigenvalue weighted by atomic mass is 16.5. The number of rotatable bonds is 6. The van der Waals surface area contributed by atoms with Gasteiger partial charge < -0.3 is 15.2 Å². The van der Waals surface area contributed by atoms with Crippen LogP contribution in [0.25, 0.3) is 0 Å². The number of esters is 1. The van der Waals surface area contributed by atoms with E-state index in [1.165, 1.54) is 7.11 Å². The summed E-state index contributed by atoms with van der Waals surface area (Å²) in [5.41, 5.74) is 6.53. The molecular weight excluding hydrogens is 218 g/mol. The van der Waals surface area contributed by atoms with E-state index in [1.807, 2.05) is 0 Å². The van der Waals surface area contributed by atoms with Gasteiger partial charge in [0.2, 0.25) is 0 Å². The molecule has 0 atom stereocenters. The van der Waals surface area contributed by atoms with Gasteiger partial charge in [0.05, 0.1) is 13.7 Å². The number of nitrogens with two attached hydrogens (primary N) is 1. The summed E-state index contributed by atoms with van der Waals surface area (Å²) in [6.45, 7) is 2.73. The lowest BCUT2D eigenvalue weighted by molar-refractivity contribution is 0.0596. The number of carbonyl (C=O) groups excluding carboxylic acids is 1. The molecule has 0 saturated heterocycles.